The fourth-order valence-electron chi connectivity index (χ4n) is 2.31. The highest BCUT2D eigenvalue weighted by molar-refractivity contribution is 5.68. The predicted molar refractivity (Wildman–Crippen MR) is 70.1 cm³/mol. The Morgan fingerprint density at radius 3 is 2.04 bits per heavy atom. The molecule has 27 heavy (non-hydrogen) atoms. The number of ether oxygens (including phenoxy) is 1. The third-order valence-electron chi connectivity index (χ3n) is 3.34. The second-order valence-corrected chi connectivity index (χ2v) is 5.31. The van der Waals surface area contributed by atoms with Crippen molar-refractivity contribution in [2.75, 3.05) is 7.11 Å². The van der Waals surface area contributed by atoms with Crippen LogP contribution in [0.3, 0.4) is 0 Å². The third-order valence-corrected chi connectivity index (χ3v) is 3.34. The highest BCUT2D eigenvalue weighted by Gasteiger charge is 2.63. The standard InChI is InChI=1S/C14H9F9N2O2/c1-5-3-7(27-25-5)8-6(4-26-2)24-11(15)10(13(18,19)20)9(8)12(16,17)14(21,22)23/h3H,4H2,1-2H3. The van der Waals surface area contributed by atoms with Crippen LogP contribution in [0, 0.1) is 12.9 Å². The van der Waals surface area contributed by atoms with Crippen LogP contribution in [-0.4, -0.2) is 23.4 Å². The number of nitrogens with zero attached hydrogens (tertiary/aromatic N) is 2. The Hall–Kier alpha value is -2.31. The molecule has 13 heteroatoms. The molecule has 0 saturated heterocycles. The van der Waals surface area contributed by atoms with Crippen LogP contribution in [0.15, 0.2) is 10.6 Å². The summed E-state index contributed by atoms with van der Waals surface area (Å²) in [6, 6.07) is 0.810. The van der Waals surface area contributed by atoms with Gasteiger partial charge in [-0.25, -0.2) is 4.98 Å². The fourth-order valence-corrected chi connectivity index (χ4v) is 2.31. The van der Waals surface area contributed by atoms with Crippen LogP contribution in [0.2, 0.25) is 0 Å². The molecule has 0 atom stereocenters. The number of alkyl halides is 8. The van der Waals surface area contributed by atoms with Gasteiger partial charge in [0.05, 0.1) is 29.1 Å². The molecular formula is C14H9F9N2O2. The van der Waals surface area contributed by atoms with Crippen molar-refractivity contribution in [1.82, 2.24) is 10.1 Å². The Kier molecular flexibility index (Phi) is 5.20. The van der Waals surface area contributed by atoms with E-state index in [1.807, 2.05) is 0 Å². The lowest BCUT2D eigenvalue weighted by Gasteiger charge is -2.26. The van der Waals surface area contributed by atoms with Crippen LogP contribution in [0.5, 0.6) is 0 Å². The van der Waals surface area contributed by atoms with Gasteiger partial charge in [-0.2, -0.15) is 39.5 Å². The highest BCUT2D eigenvalue weighted by atomic mass is 19.4. The summed E-state index contributed by atoms with van der Waals surface area (Å²) in [6.07, 6.45) is -12.4. The van der Waals surface area contributed by atoms with E-state index in [4.69, 9.17) is 0 Å². The summed E-state index contributed by atoms with van der Waals surface area (Å²) >= 11 is 0. The minimum Gasteiger partial charge on any atom is -0.378 e. The molecule has 0 radical (unpaired) electrons. The number of halogens is 9. The fraction of sp³-hybridized carbons (Fsp3) is 0.429. The van der Waals surface area contributed by atoms with Crippen LogP contribution in [0.4, 0.5) is 39.5 Å². The highest BCUT2D eigenvalue weighted by Crippen LogP contribution is 2.52. The van der Waals surface area contributed by atoms with E-state index in [0.717, 1.165) is 13.2 Å². The number of pyridine rings is 1. The van der Waals surface area contributed by atoms with Crippen molar-refractivity contribution in [2.45, 2.75) is 31.8 Å². The summed E-state index contributed by atoms with van der Waals surface area (Å²) in [4.78, 5) is 2.87. The van der Waals surface area contributed by atoms with Crippen LogP contribution in [0.25, 0.3) is 11.3 Å². The van der Waals surface area contributed by atoms with Crippen LogP contribution >= 0.6 is 0 Å². The van der Waals surface area contributed by atoms with Gasteiger partial charge in [0.15, 0.2) is 5.76 Å². The minimum atomic E-state index is -6.46. The maximum atomic E-state index is 14.1. The van der Waals surface area contributed by atoms with Crippen LogP contribution < -0.4 is 0 Å². The lowest BCUT2D eigenvalue weighted by molar-refractivity contribution is -0.291. The zero-order valence-electron chi connectivity index (χ0n) is 13.4. The Bertz CT molecular complexity index is 840. The summed E-state index contributed by atoms with van der Waals surface area (Å²) in [5.41, 5.74) is -7.90. The van der Waals surface area contributed by atoms with Crippen molar-refractivity contribution in [1.29, 1.82) is 0 Å². The average molecular weight is 408 g/mol. The monoisotopic (exact) mass is 408 g/mol. The van der Waals surface area contributed by atoms with Crippen molar-refractivity contribution in [3.63, 3.8) is 0 Å². The maximum Gasteiger partial charge on any atom is 0.458 e. The van der Waals surface area contributed by atoms with Gasteiger partial charge in [0, 0.05) is 13.2 Å². The molecule has 2 heterocycles. The van der Waals surface area contributed by atoms with Crippen LogP contribution in [-0.2, 0) is 23.4 Å². The maximum absolute atomic E-state index is 14.1. The first-order chi connectivity index (χ1) is 12.2. The second kappa shape index (κ2) is 6.69. The number of methoxy groups -OCH3 is 1. The first kappa shape index (κ1) is 21.0. The SMILES string of the molecule is COCc1nc(F)c(C(F)(F)F)c(C(F)(F)C(F)(F)F)c1-c1cc(C)no1. The molecule has 0 bridgehead atoms. The van der Waals surface area contributed by atoms with Crippen molar-refractivity contribution in [2.24, 2.45) is 0 Å². The third kappa shape index (κ3) is 3.73. The average Bonchev–Trinajstić information content (AvgIpc) is 2.90. The summed E-state index contributed by atoms with van der Waals surface area (Å²) in [6.45, 7) is 0.372. The molecule has 2 rings (SSSR count). The zero-order valence-corrected chi connectivity index (χ0v) is 13.4. The number of rotatable bonds is 4. The normalized spacial score (nSPS) is 13.3. The molecule has 2 aromatic rings. The summed E-state index contributed by atoms with van der Waals surface area (Å²) in [5.74, 6) is -9.51. The van der Waals surface area contributed by atoms with E-state index >= 15 is 0 Å². The van der Waals surface area contributed by atoms with Gasteiger partial charge in [0.2, 0.25) is 5.95 Å². The molecule has 4 nitrogen and oxygen atoms in total. The molecule has 0 N–H and O–H groups in total. The van der Waals surface area contributed by atoms with E-state index < -0.39 is 59.0 Å². The van der Waals surface area contributed by atoms with Gasteiger partial charge in [0.1, 0.15) is 5.56 Å². The number of hydrogen-bond donors (Lipinski definition) is 0. The molecule has 0 fully saturated rings. The summed E-state index contributed by atoms with van der Waals surface area (Å²) in [5, 5.41) is 3.25. The molecule has 0 spiro atoms. The van der Waals surface area contributed by atoms with Crippen molar-refractivity contribution < 1.29 is 48.8 Å². The van der Waals surface area contributed by atoms with E-state index in [0.29, 0.717) is 0 Å². The molecule has 0 aliphatic rings. The first-order valence-electron chi connectivity index (χ1n) is 6.89. The van der Waals surface area contributed by atoms with Crippen molar-refractivity contribution >= 4 is 0 Å². The van der Waals surface area contributed by atoms with Gasteiger partial charge in [-0.05, 0) is 6.92 Å². The topological polar surface area (TPSA) is 48.2 Å². The lowest BCUT2D eigenvalue weighted by atomic mass is 9.92. The minimum absolute atomic E-state index is 0.0347. The second-order valence-electron chi connectivity index (χ2n) is 5.31. The molecule has 0 unspecified atom stereocenters. The Labute approximate surface area is 144 Å². The first-order valence-corrected chi connectivity index (χ1v) is 6.89. The molecule has 2 aromatic heterocycles. The van der Waals surface area contributed by atoms with Crippen molar-refractivity contribution in [3.05, 3.63) is 34.5 Å². The Morgan fingerprint density at radius 1 is 1.04 bits per heavy atom. The molecule has 0 aliphatic heterocycles. The summed E-state index contributed by atoms with van der Waals surface area (Å²) in [7, 11) is 0.953. The van der Waals surface area contributed by atoms with Gasteiger partial charge in [-0.15, -0.1) is 0 Å². The van der Waals surface area contributed by atoms with Gasteiger partial charge < -0.3 is 9.26 Å². The summed E-state index contributed by atoms with van der Waals surface area (Å²) < 4.78 is 129. The number of aryl methyl sites for hydroxylation is 1. The Morgan fingerprint density at radius 2 is 1.63 bits per heavy atom. The molecule has 0 aliphatic carbocycles. The molecule has 0 amide bonds. The van der Waals surface area contributed by atoms with Gasteiger partial charge in [0.25, 0.3) is 0 Å². The zero-order chi connectivity index (χ0) is 20.8. The van der Waals surface area contributed by atoms with E-state index in [1.54, 1.807) is 0 Å². The quantitative estimate of drug-likeness (QED) is 0.528. The van der Waals surface area contributed by atoms with Gasteiger partial charge in [-0.3, -0.25) is 0 Å². The van der Waals surface area contributed by atoms with Crippen molar-refractivity contribution in [3.8, 4) is 11.3 Å². The van der Waals surface area contributed by atoms with E-state index in [-0.39, 0.29) is 5.69 Å². The lowest BCUT2D eigenvalue weighted by Crippen LogP contribution is -2.37. The van der Waals surface area contributed by atoms with Gasteiger partial charge >= 0.3 is 18.3 Å². The van der Waals surface area contributed by atoms with Gasteiger partial charge in [-0.1, -0.05) is 5.16 Å². The van der Waals surface area contributed by atoms with Crippen LogP contribution in [0.1, 0.15) is 22.5 Å². The van der Waals surface area contributed by atoms with E-state index in [2.05, 4.69) is 19.4 Å². The Balaban J connectivity index is 3.07. The molecular weight excluding hydrogens is 399 g/mol. The predicted octanol–water partition coefficient (Wildman–Crippen LogP) is 5.00. The largest absolute Gasteiger partial charge is 0.458 e. The molecule has 0 saturated carbocycles. The van der Waals surface area contributed by atoms with E-state index in [9.17, 15) is 39.5 Å². The number of aromatic nitrogens is 2. The van der Waals surface area contributed by atoms with E-state index in [1.165, 1.54) is 6.92 Å². The molecule has 150 valence electrons. The smallest absolute Gasteiger partial charge is 0.378 e. The number of hydrogen-bond acceptors (Lipinski definition) is 4. The molecule has 0 aromatic carbocycles.